The maximum absolute atomic E-state index is 13.4. The smallest absolute Gasteiger partial charge is 0.270 e. The van der Waals surface area contributed by atoms with Gasteiger partial charge in [-0.2, -0.15) is 0 Å². The summed E-state index contributed by atoms with van der Waals surface area (Å²) in [6.07, 6.45) is 1.03. The SMILES string of the molecule is Cc1ccn2c(NC(=O)[C@@H]3COc4ccccc4O3)c(-c3ccc(F)cc3)nc2c1. The maximum atomic E-state index is 13.4. The second kappa shape index (κ2) is 7.18. The molecular weight excluding hydrogens is 385 g/mol. The fourth-order valence-corrected chi connectivity index (χ4v) is 3.42. The summed E-state index contributed by atoms with van der Waals surface area (Å²) in [5.74, 6) is 0.935. The van der Waals surface area contributed by atoms with E-state index in [4.69, 9.17) is 9.47 Å². The van der Waals surface area contributed by atoms with Crippen molar-refractivity contribution in [2.45, 2.75) is 13.0 Å². The average Bonchev–Trinajstić information content (AvgIpc) is 3.11. The first-order chi connectivity index (χ1) is 14.6. The molecule has 150 valence electrons. The van der Waals surface area contributed by atoms with E-state index in [1.54, 1.807) is 28.7 Å². The lowest BCUT2D eigenvalue weighted by atomic mass is 10.1. The van der Waals surface area contributed by atoms with Crippen molar-refractivity contribution in [1.29, 1.82) is 0 Å². The lowest BCUT2D eigenvalue weighted by Gasteiger charge is -2.25. The van der Waals surface area contributed by atoms with E-state index in [-0.39, 0.29) is 18.3 Å². The fourth-order valence-electron chi connectivity index (χ4n) is 3.42. The Morgan fingerprint density at radius 3 is 2.70 bits per heavy atom. The third kappa shape index (κ3) is 3.24. The summed E-state index contributed by atoms with van der Waals surface area (Å²) in [4.78, 5) is 17.7. The van der Waals surface area contributed by atoms with Crippen LogP contribution in [0, 0.1) is 12.7 Å². The molecule has 0 unspecified atom stereocenters. The van der Waals surface area contributed by atoms with Crippen molar-refractivity contribution in [2.75, 3.05) is 11.9 Å². The lowest BCUT2D eigenvalue weighted by Crippen LogP contribution is -2.40. The first-order valence-electron chi connectivity index (χ1n) is 9.52. The monoisotopic (exact) mass is 403 g/mol. The van der Waals surface area contributed by atoms with Gasteiger partial charge in [-0.3, -0.25) is 9.20 Å². The summed E-state index contributed by atoms with van der Waals surface area (Å²) < 4.78 is 26.7. The van der Waals surface area contributed by atoms with Gasteiger partial charge in [0.05, 0.1) is 0 Å². The molecule has 30 heavy (non-hydrogen) atoms. The van der Waals surface area contributed by atoms with Gasteiger partial charge in [-0.25, -0.2) is 9.37 Å². The van der Waals surface area contributed by atoms with E-state index in [1.165, 1.54) is 12.1 Å². The number of carbonyl (C=O) groups excluding carboxylic acids is 1. The number of aryl methyl sites for hydroxylation is 1. The highest BCUT2D eigenvalue weighted by Crippen LogP contribution is 2.33. The van der Waals surface area contributed by atoms with Crippen LogP contribution in [0.4, 0.5) is 10.2 Å². The van der Waals surface area contributed by atoms with Crippen LogP contribution in [0.5, 0.6) is 11.5 Å². The Balaban J connectivity index is 1.51. The number of anilines is 1. The van der Waals surface area contributed by atoms with Crippen molar-refractivity contribution in [3.05, 3.63) is 78.2 Å². The molecule has 0 saturated heterocycles. The molecule has 5 rings (SSSR count). The number of imidazole rings is 1. The van der Waals surface area contributed by atoms with Gasteiger partial charge < -0.3 is 14.8 Å². The molecule has 0 bridgehead atoms. The first kappa shape index (κ1) is 18.2. The standard InChI is InChI=1S/C23H18FN3O3/c1-14-10-11-27-20(12-14)25-21(15-6-8-16(24)9-7-15)22(27)26-23(28)19-13-29-17-4-2-3-5-18(17)30-19/h2-12,19H,13H2,1H3,(H,26,28)/t19-/m0/s1. The van der Waals surface area contributed by atoms with Crippen LogP contribution in [0.1, 0.15) is 5.56 Å². The number of hydrogen-bond donors (Lipinski definition) is 1. The topological polar surface area (TPSA) is 64.9 Å². The van der Waals surface area contributed by atoms with Crippen LogP contribution in [0.3, 0.4) is 0 Å². The number of hydrogen-bond acceptors (Lipinski definition) is 4. The summed E-state index contributed by atoms with van der Waals surface area (Å²) in [5, 5.41) is 2.93. The number of rotatable bonds is 3. The molecule has 0 radical (unpaired) electrons. The third-order valence-corrected chi connectivity index (χ3v) is 4.94. The number of ether oxygens (including phenoxy) is 2. The maximum Gasteiger partial charge on any atom is 0.270 e. The number of halogens is 1. The molecule has 2 aromatic heterocycles. The van der Waals surface area contributed by atoms with Gasteiger partial charge in [0.2, 0.25) is 6.10 Å². The van der Waals surface area contributed by atoms with Crippen molar-refractivity contribution >= 4 is 17.4 Å². The second-order valence-electron chi connectivity index (χ2n) is 7.10. The quantitative estimate of drug-likeness (QED) is 0.556. The minimum Gasteiger partial charge on any atom is -0.485 e. The average molecular weight is 403 g/mol. The van der Waals surface area contributed by atoms with E-state index in [0.29, 0.717) is 34.2 Å². The Labute approximate surface area is 171 Å². The minimum absolute atomic E-state index is 0.102. The van der Waals surface area contributed by atoms with Crippen molar-refractivity contribution in [1.82, 2.24) is 9.38 Å². The van der Waals surface area contributed by atoms with E-state index in [9.17, 15) is 9.18 Å². The number of carbonyl (C=O) groups is 1. The number of pyridine rings is 1. The van der Waals surface area contributed by atoms with Gasteiger partial charge in [-0.05, 0) is 61.0 Å². The van der Waals surface area contributed by atoms with Gasteiger partial charge in [0.25, 0.3) is 5.91 Å². The van der Waals surface area contributed by atoms with E-state index >= 15 is 0 Å². The molecule has 1 aliphatic rings. The molecule has 2 aromatic carbocycles. The number of para-hydroxylation sites is 2. The number of nitrogens with zero attached hydrogens (tertiary/aromatic N) is 2. The van der Waals surface area contributed by atoms with E-state index in [0.717, 1.165) is 5.56 Å². The summed E-state index contributed by atoms with van der Waals surface area (Å²) in [5.41, 5.74) is 2.96. The predicted octanol–water partition coefficient (Wildman–Crippen LogP) is 4.23. The number of fused-ring (bicyclic) bond motifs is 2. The Morgan fingerprint density at radius 1 is 1.13 bits per heavy atom. The number of amides is 1. The summed E-state index contributed by atoms with van der Waals surface area (Å²) in [6, 6.07) is 17.1. The highest BCUT2D eigenvalue weighted by molar-refractivity contribution is 5.97. The van der Waals surface area contributed by atoms with Crippen LogP contribution in [-0.4, -0.2) is 28.0 Å². The Morgan fingerprint density at radius 2 is 1.90 bits per heavy atom. The highest BCUT2D eigenvalue weighted by atomic mass is 19.1. The van der Waals surface area contributed by atoms with Crippen molar-refractivity contribution < 1.29 is 18.7 Å². The first-order valence-corrected chi connectivity index (χ1v) is 9.52. The van der Waals surface area contributed by atoms with Crippen LogP contribution in [0.25, 0.3) is 16.9 Å². The molecule has 0 saturated carbocycles. The zero-order valence-corrected chi connectivity index (χ0v) is 16.1. The van der Waals surface area contributed by atoms with Crippen LogP contribution < -0.4 is 14.8 Å². The summed E-state index contributed by atoms with van der Waals surface area (Å²) in [6.45, 7) is 2.07. The molecule has 6 nitrogen and oxygen atoms in total. The molecule has 0 spiro atoms. The molecule has 3 heterocycles. The number of nitrogens with one attached hydrogen (secondary N) is 1. The molecule has 7 heteroatoms. The molecule has 1 atom stereocenters. The summed E-state index contributed by atoms with van der Waals surface area (Å²) in [7, 11) is 0. The van der Waals surface area contributed by atoms with Gasteiger partial charge in [0.1, 0.15) is 29.6 Å². The van der Waals surface area contributed by atoms with Gasteiger partial charge in [-0.15, -0.1) is 0 Å². The molecule has 1 N–H and O–H groups in total. The second-order valence-corrected chi connectivity index (χ2v) is 7.10. The number of benzene rings is 2. The zero-order valence-electron chi connectivity index (χ0n) is 16.1. The van der Waals surface area contributed by atoms with Gasteiger partial charge in [0.15, 0.2) is 11.5 Å². The molecule has 0 aliphatic carbocycles. The molecule has 1 aliphatic heterocycles. The van der Waals surface area contributed by atoms with Crippen LogP contribution in [0.2, 0.25) is 0 Å². The molecule has 0 fully saturated rings. The van der Waals surface area contributed by atoms with Crippen LogP contribution >= 0.6 is 0 Å². The molecular formula is C23H18FN3O3. The van der Waals surface area contributed by atoms with Gasteiger partial charge >= 0.3 is 0 Å². The van der Waals surface area contributed by atoms with Gasteiger partial charge in [-0.1, -0.05) is 12.1 Å². The van der Waals surface area contributed by atoms with Crippen molar-refractivity contribution in [3.8, 4) is 22.8 Å². The van der Waals surface area contributed by atoms with E-state index in [1.807, 2.05) is 37.4 Å². The predicted molar refractivity (Wildman–Crippen MR) is 110 cm³/mol. The van der Waals surface area contributed by atoms with Crippen molar-refractivity contribution in [3.63, 3.8) is 0 Å². The Hall–Kier alpha value is -3.87. The van der Waals surface area contributed by atoms with Crippen LogP contribution in [0.15, 0.2) is 66.9 Å². The Kier molecular flexibility index (Phi) is 4.35. The molecule has 1 amide bonds. The number of aromatic nitrogens is 2. The third-order valence-electron chi connectivity index (χ3n) is 4.94. The molecule has 4 aromatic rings. The minimum atomic E-state index is -0.808. The fraction of sp³-hybridized carbons (Fsp3) is 0.130. The zero-order chi connectivity index (χ0) is 20.7. The highest BCUT2D eigenvalue weighted by Gasteiger charge is 2.29. The Bertz CT molecular complexity index is 1250. The summed E-state index contributed by atoms with van der Waals surface area (Å²) >= 11 is 0. The lowest BCUT2D eigenvalue weighted by molar-refractivity contribution is -0.125. The largest absolute Gasteiger partial charge is 0.485 e. The van der Waals surface area contributed by atoms with Crippen molar-refractivity contribution in [2.24, 2.45) is 0 Å². The van der Waals surface area contributed by atoms with E-state index < -0.39 is 6.10 Å². The normalized spacial score (nSPS) is 15.2. The van der Waals surface area contributed by atoms with Gasteiger partial charge in [0, 0.05) is 11.8 Å². The van der Waals surface area contributed by atoms with E-state index in [2.05, 4.69) is 10.3 Å². The van der Waals surface area contributed by atoms with Crippen LogP contribution in [-0.2, 0) is 4.79 Å².